The topological polar surface area (TPSA) is 85.2 Å². The molecule has 2 amide bonds. The molecule has 29 heavy (non-hydrogen) atoms. The number of aromatic nitrogens is 2. The van der Waals surface area contributed by atoms with Crippen molar-refractivity contribution in [1.29, 1.82) is 0 Å². The number of urea groups is 1. The Morgan fingerprint density at radius 2 is 1.72 bits per heavy atom. The van der Waals surface area contributed by atoms with E-state index in [1.807, 2.05) is 66.9 Å². The van der Waals surface area contributed by atoms with Gasteiger partial charge in [-0.1, -0.05) is 48.5 Å². The minimum absolute atomic E-state index is 0.344. The predicted octanol–water partition coefficient (Wildman–Crippen LogP) is 3.34. The Morgan fingerprint density at radius 3 is 2.38 bits per heavy atom. The van der Waals surface area contributed by atoms with Crippen molar-refractivity contribution in [3.05, 3.63) is 83.7 Å². The maximum Gasteiger partial charge on any atom is 0.337 e. The molecule has 2 N–H and O–H groups in total. The van der Waals surface area contributed by atoms with Crippen molar-refractivity contribution in [3.63, 3.8) is 0 Å². The minimum Gasteiger partial charge on any atom is -0.466 e. The van der Waals surface area contributed by atoms with E-state index in [0.717, 1.165) is 11.3 Å². The minimum atomic E-state index is -0.691. The van der Waals surface area contributed by atoms with Crippen molar-refractivity contribution in [2.75, 3.05) is 7.11 Å². The molecule has 146 valence electrons. The van der Waals surface area contributed by atoms with Gasteiger partial charge in [0.2, 0.25) is 0 Å². The van der Waals surface area contributed by atoms with Crippen molar-refractivity contribution in [2.24, 2.45) is 0 Å². The molecule has 0 radical (unpaired) electrons. The van der Waals surface area contributed by atoms with Crippen LogP contribution in [0.5, 0.6) is 0 Å². The van der Waals surface area contributed by atoms with E-state index in [9.17, 15) is 9.59 Å². The molecule has 0 spiro atoms. The molecule has 1 atom stereocenters. The zero-order valence-corrected chi connectivity index (χ0v) is 16.0. The number of hydrogen-bond donors (Lipinski definition) is 2. The second-order valence-corrected chi connectivity index (χ2v) is 6.64. The Hall–Kier alpha value is -3.87. The molecule has 2 aromatic carbocycles. The number of allylic oxidation sites excluding steroid dienone is 1. The number of rotatable bonds is 4. The van der Waals surface area contributed by atoms with Gasteiger partial charge < -0.3 is 15.4 Å². The second kappa shape index (κ2) is 7.63. The van der Waals surface area contributed by atoms with E-state index in [2.05, 4.69) is 10.6 Å². The van der Waals surface area contributed by atoms with Gasteiger partial charge in [-0.05, 0) is 19.1 Å². The Labute approximate surface area is 168 Å². The standard InChI is InChI=1S/C22H20N4O3/c1-14-18(21(27)29-2)20(24-22(28)23-14)17-13-26(16-11-7-4-8-12-16)25-19(17)15-9-5-3-6-10-15/h3-13,20H,1-2H3,(H2,23,24,28). The Morgan fingerprint density at radius 1 is 1.07 bits per heavy atom. The molecule has 0 bridgehead atoms. The fourth-order valence-electron chi connectivity index (χ4n) is 3.44. The average molecular weight is 388 g/mol. The van der Waals surface area contributed by atoms with E-state index in [0.29, 0.717) is 22.5 Å². The summed E-state index contributed by atoms with van der Waals surface area (Å²) in [6.45, 7) is 1.68. The van der Waals surface area contributed by atoms with Gasteiger partial charge in [0.05, 0.1) is 30.1 Å². The molecule has 1 unspecified atom stereocenters. The highest BCUT2D eigenvalue weighted by Crippen LogP contribution is 2.34. The van der Waals surface area contributed by atoms with Crippen molar-refractivity contribution in [1.82, 2.24) is 20.4 Å². The van der Waals surface area contributed by atoms with E-state index < -0.39 is 12.0 Å². The van der Waals surface area contributed by atoms with Crippen LogP contribution in [0.2, 0.25) is 0 Å². The van der Waals surface area contributed by atoms with Crippen LogP contribution < -0.4 is 10.6 Å². The second-order valence-electron chi connectivity index (χ2n) is 6.64. The number of para-hydroxylation sites is 1. The largest absolute Gasteiger partial charge is 0.466 e. The SMILES string of the molecule is COC(=O)C1=C(C)NC(=O)NC1c1cn(-c2ccccc2)nc1-c1ccccc1. The van der Waals surface area contributed by atoms with Gasteiger partial charge in [-0.15, -0.1) is 0 Å². The summed E-state index contributed by atoms with van der Waals surface area (Å²) in [6.07, 6.45) is 1.84. The fourth-order valence-corrected chi connectivity index (χ4v) is 3.44. The van der Waals surface area contributed by atoms with Crippen LogP contribution in [0.3, 0.4) is 0 Å². The summed E-state index contributed by atoms with van der Waals surface area (Å²) in [7, 11) is 1.32. The first-order valence-corrected chi connectivity index (χ1v) is 9.15. The van der Waals surface area contributed by atoms with E-state index in [1.165, 1.54) is 7.11 Å². The zero-order chi connectivity index (χ0) is 20.4. The lowest BCUT2D eigenvalue weighted by atomic mass is 9.94. The number of amides is 2. The smallest absolute Gasteiger partial charge is 0.337 e. The van der Waals surface area contributed by atoms with E-state index >= 15 is 0 Å². The van der Waals surface area contributed by atoms with Crippen molar-refractivity contribution in [3.8, 4) is 16.9 Å². The third kappa shape index (κ3) is 3.50. The van der Waals surface area contributed by atoms with Crippen molar-refractivity contribution in [2.45, 2.75) is 13.0 Å². The number of nitrogens with one attached hydrogen (secondary N) is 2. The molecule has 1 aliphatic rings. The van der Waals surface area contributed by atoms with Crippen LogP contribution in [0.15, 0.2) is 78.1 Å². The number of esters is 1. The first-order valence-electron chi connectivity index (χ1n) is 9.15. The molecular weight excluding hydrogens is 368 g/mol. The molecule has 0 fully saturated rings. The number of hydrogen-bond acceptors (Lipinski definition) is 4. The molecule has 3 aromatic rings. The molecule has 0 aliphatic carbocycles. The molecule has 4 rings (SSSR count). The summed E-state index contributed by atoms with van der Waals surface area (Å²) < 4.78 is 6.71. The van der Waals surface area contributed by atoms with Crippen LogP contribution in [-0.2, 0) is 9.53 Å². The van der Waals surface area contributed by atoms with Gasteiger partial charge in [0.15, 0.2) is 0 Å². The molecule has 1 aromatic heterocycles. The first-order chi connectivity index (χ1) is 14.1. The van der Waals surface area contributed by atoms with Gasteiger partial charge in [-0.2, -0.15) is 5.10 Å². The van der Waals surface area contributed by atoms with Crippen LogP contribution in [0.25, 0.3) is 16.9 Å². The Balaban J connectivity index is 1.92. The highest BCUT2D eigenvalue weighted by Gasteiger charge is 2.34. The van der Waals surface area contributed by atoms with Gasteiger partial charge in [0, 0.05) is 23.0 Å². The third-order valence-electron chi connectivity index (χ3n) is 4.80. The highest BCUT2D eigenvalue weighted by molar-refractivity contribution is 5.95. The lowest BCUT2D eigenvalue weighted by Crippen LogP contribution is -2.45. The molecular formula is C22H20N4O3. The first kappa shape index (κ1) is 18.5. The van der Waals surface area contributed by atoms with Gasteiger partial charge in [-0.3, -0.25) is 0 Å². The molecule has 1 aliphatic heterocycles. The molecule has 0 saturated heterocycles. The van der Waals surface area contributed by atoms with E-state index in [4.69, 9.17) is 9.84 Å². The van der Waals surface area contributed by atoms with E-state index in [-0.39, 0.29) is 6.03 Å². The summed E-state index contributed by atoms with van der Waals surface area (Å²) in [4.78, 5) is 24.7. The fraction of sp³-hybridized carbons (Fsp3) is 0.136. The van der Waals surface area contributed by atoms with Crippen molar-refractivity contribution < 1.29 is 14.3 Å². The maximum atomic E-state index is 12.5. The summed E-state index contributed by atoms with van der Waals surface area (Å²) in [6, 6.07) is 18.2. The van der Waals surface area contributed by atoms with Crippen LogP contribution in [0, 0.1) is 0 Å². The number of benzene rings is 2. The molecule has 0 saturated carbocycles. The number of methoxy groups -OCH3 is 1. The third-order valence-corrected chi connectivity index (χ3v) is 4.80. The predicted molar refractivity (Wildman–Crippen MR) is 108 cm³/mol. The van der Waals surface area contributed by atoms with Crippen LogP contribution in [0.4, 0.5) is 4.79 Å². The summed E-state index contributed by atoms with van der Waals surface area (Å²) >= 11 is 0. The van der Waals surface area contributed by atoms with Gasteiger partial charge >= 0.3 is 12.0 Å². The molecule has 2 heterocycles. The molecule has 7 nitrogen and oxygen atoms in total. The monoisotopic (exact) mass is 388 g/mol. The normalized spacial score (nSPS) is 16.2. The van der Waals surface area contributed by atoms with Crippen molar-refractivity contribution >= 4 is 12.0 Å². The van der Waals surface area contributed by atoms with Crippen LogP contribution in [0.1, 0.15) is 18.5 Å². The number of nitrogens with zero attached hydrogens (tertiary/aromatic N) is 2. The average Bonchev–Trinajstić information content (AvgIpc) is 3.19. The number of ether oxygens (including phenoxy) is 1. The van der Waals surface area contributed by atoms with Crippen LogP contribution in [-0.4, -0.2) is 28.9 Å². The highest BCUT2D eigenvalue weighted by atomic mass is 16.5. The Bertz CT molecular complexity index is 1090. The van der Waals surface area contributed by atoms with Crippen LogP contribution >= 0.6 is 0 Å². The Kier molecular flexibility index (Phi) is 4.87. The number of carbonyl (C=O) groups excluding carboxylic acids is 2. The number of carbonyl (C=O) groups is 2. The van der Waals surface area contributed by atoms with E-state index in [1.54, 1.807) is 11.6 Å². The summed E-state index contributed by atoms with van der Waals surface area (Å²) in [5.41, 5.74) is 3.93. The summed E-state index contributed by atoms with van der Waals surface area (Å²) in [5, 5.41) is 10.3. The van der Waals surface area contributed by atoms with Gasteiger partial charge in [-0.25, -0.2) is 14.3 Å². The maximum absolute atomic E-state index is 12.5. The summed E-state index contributed by atoms with van der Waals surface area (Å²) in [5.74, 6) is -0.508. The van der Waals surface area contributed by atoms with Gasteiger partial charge in [0.25, 0.3) is 0 Å². The lowest BCUT2D eigenvalue weighted by molar-refractivity contribution is -0.136. The molecule has 7 heteroatoms. The quantitative estimate of drug-likeness (QED) is 0.672. The zero-order valence-electron chi connectivity index (χ0n) is 16.0. The lowest BCUT2D eigenvalue weighted by Gasteiger charge is -2.27. The van der Waals surface area contributed by atoms with Gasteiger partial charge in [0.1, 0.15) is 0 Å².